The molecule has 1 unspecified atom stereocenters. The van der Waals surface area contributed by atoms with Crippen molar-refractivity contribution in [1.82, 2.24) is 10.2 Å². The van der Waals surface area contributed by atoms with E-state index in [0.29, 0.717) is 5.56 Å². The average molecular weight is 299 g/mol. The van der Waals surface area contributed by atoms with Crippen LogP contribution in [0.4, 0.5) is 4.39 Å². The SMILES string of the molecule is CC1NC(=O)C(C)(C)N(Cc2cccc(Cl)c2F)C1=O. The van der Waals surface area contributed by atoms with Crippen molar-refractivity contribution < 1.29 is 14.0 Å². The number of carbonyl (C=O) groups is 2. The molecule has 6 heteroatoms. The third-order valence-corrected chi connectivity index (χ3v) is 3.87. The van der Waals surface area contributed by atoms with Gasteiger partial charge in [0.2, 0.25) is 11.8 Å². The Hall–Kier alpha value is -1.62. The van der Waals surface area contributed by atoms with Crippen LogP contribution in [0.15, 0.2) is 18.2 Å². The first-order chi connectivity index (χ1) is 9.25. The molecule has 1 fully saturated rings. The maximum absolute atomic E-state index is 14.0. The highest BCUT2D eigenvalue weighted by atomic mass is 35.5. The third-order valence-electron chi connectivity index (χ3n) is 3.57. The topological polar surface area (TPSA) is 49.4 Å². The van der Waals surface area contributed by atoms with E-state index in [1.807, 2.05) is 0 Å². The maximum atomic E-state index is 14.0. The van der Waals surface area contributed by atoms with Crippen LogP contribution in [-0.4, -0.2) is 28.3 Å². The first kappa shape index (κ1) is 14.8. The van der Waals surface area contributed by atoms with Crippen molar-refractivity contribution in [3.05, 3.63) is 34.6 Å². The van der Waals surface area contributed by atoms with E-state index in [1.54, 1.807) is 32.9 Å². The number of carbonyl (C=O) groups excluding carboxylic acids is 2. The second kappa shape index (κ2) is 5.05. The summed E-state index contributed by atoms with van der Waals surface area (Å²) in [5.74, 6) is -1.06. The van der Waals surface area contributed by atoms with Gasteiger partial charge in [-0.2, -0.15) is 0 Å². The Morgan fingerprint density at radius 3 is 2.70 bits per heavy atom. The highest BCUT2D eigenvalue weighted by Crippen LogP contribution is 2.26. The molecule has 108 valence electrons. The van der Waals surface area contributed by atoms with Crippen molar-refractivity contribution in [1.29, 1.82) is 0 Å². The molecule has 0 spiro atoms. The Balaban J connectivity index is 2.36. The molecule has 4 nitrogen and oxygen atoms in total. The van der Waals surface area contributed by atoms with Gasteiger partial charge in [-0.15, -0.1) is 0 Å². The molecule has 1 N–H and O–H groups in total. The van der Waals surface area contributed by atoms with Crippen molar-refractivity contribution in [2.75, 3.05) is 0 Å². The van der Waals surface area contributed by atoms with E-state index in [2.05, 4.69) is 5.32 Å². The molecule has 0 aliphatic carbocycles. The van der Waals surface area contributed by atoms with Crippen molar-refractivity contribution in [2.24, 2.45) is 0 Å². The molecule has 1 aromatic rings. The highest BCUT2D eigenvalue weighted by molar-refractivity contribution is 6.30. The minimum atomic E-state index is -1.03. The molecule has 0 aromatic heterocycles. The third kappa shape index (κ3) is 2.38. The lowest BCUT2D eigenvalue weighted by Crippen LogP contribution is -2.67. The molecular formula is C14H16ClFN2O2. The zero-order valence-electron chi connectivity index (χ0n) is 11.5. The van der Waals surface area contributed by atoms with Gasteiger partial charge in [-0.1, -0.05) is 23.7 Å². The van der Waals surface area contributed by atoms with Crippen LogP contribution >= 0.6 is 11.6 Å². The second-order valence-electron chi connectivity index (χ2n) is 5.39. The molecule has 0 bridgehead atoms. The van der Waals surface area contributed by atoms with Crippen molar-refractivity contribution in [2.45, 2.75) is 38.9 Å². The summed E-state index contributed by atoms with van der Waals surface area (Å²) in [4.78, 5) is 25.6. The van der Waals surface area contributed by atoms with Gasteiger partial charge in [-0.05, 0) is 26.8 Å². The van der Waals surface area contributed by atoms with Crippen LogP contribution in [0, 0.1) is 5.82 Å². The lowest BCUT2D eigenvalue weighted by Gasteiger charge is -2.43. The minimum Gasteiger partial charge on any atom is -0.343 e. The Morgan fingerprint density at radius 1 is 1.40 bits per heavy atom. The number of rotatable bonds is 2. The normalized spacial score (nSPS) is 21.9. The summed E-state index contributed by atoms with van der Waals surface area (Å²) in [5, 5.41) is 2.61. The van der Waals surface area contributed by atoms with Crippen molar-refractivity contribution >= 4 is 23.4 Å². The molecule has 1 heterocycles. The van der Waals surface area contributed by atoms with Gasteiger partial charge >= 0.3 is 0 Å². The number of piperazine rings is 1. The van der Waals surface area contributed by atoms with E-state index in [1.165, 1.54) is 11.0 Å². The summed E-state index contributed by atoms with van der Waals surface area (Å²) in [7, 11) is 0. The molecule has 0 radical (unpaired) electrons. The van der Waals surface area contributed by atoms with E-state index in [0.717, 1.165) is 0 Å². The average Bonchev–Trinajstić information content (AvgIpc) is 2.37. The minimum absolute atomic E-state index is 0.00210. The fourth-order valence-electron chi connectivity index (χ4n) is 2.18. The van der Waals surface area contributed by atoms with E-state index < -0.39 is 17.4 Å². The Morgan fingerprint density at radius 2 is 2.05 bits per heavy atom. The predicted octanol–water partition coefficient (Wildman–Crippen LogP) is 2.10. The van der Waals surface area contributed by atoms with Crippen LogP contribution in [0.1, 0.15) is 26.3 Å². The summed E-state index contributed by atoms with van der Waals surface area (Å²) in [6.07, 6.45) is 0. The van der Waals surface area contributed by atoms with Crippen LogP contribution in [0.25, 0.3) is 0 Å². The van der Waals surface area contributed by atoms with Gasteiger partial charge < -0.3 is 10.2 Å². The predicted molar refractivity (Wildman–Crippen MR) is 73.6 cm³/mol. The molecule has 1 atom stereocenters. The summed E-state index contributed by atoms with van der Waals surface area (Å²) < 4.78 is 14.0. The van der Waals surface area contributed by atoms with E-state index >= 15 is 0 Å². The Labute approximate surface area is 121 Å². The monoisotopic (exact) mass is 298 g/mol. The number of nitrogens with zero attached hydrogens (tertiary/aromatic N) is 1. The van der Waals surface area contributed by atoms with Gasteiger partial charge in [-0.3, -0.25) is 9.59 Å². The van der Waals surface area contributed by atoms with Crippen LogP contribution in [0.2, 0.25) is 5.02 Å². The van der Waals surface area contributed by atoms with Gasteiger partial charge in [0.05, 0.1) is 5.02 Å². The van der Waals surface area contributed by atoms with Gasteiger partial charge in [0.15, 0.2) is 0 Å². The summed E-state index contributed by atoms with van der Waals surface area (Å²) in [5.41, 5.74) is -0.737. The highest BCUT2D eigenvalue weighted by Gasteiger charge is 2.44. The number of benzene rings is 1. The van der Waals surface area contributed by atoms with Gasteiger partial charge in [0.25, 0.3) is 0 Å². The van der Waals surface area contributed by atoms with Crippen LogP contribution in [0.5, 0.6) is 0 Å². The fourth-order valence-corrected chi connectivity index (χ4v) is 2.38. The van der Waals surface area contributed by atoms with Gasteiger partial charge in [-0.25, -0.2) is 4.39 Å². The number of halogens is 2. The molecule has 20 heavy (non-hydrogen) atoms. The molecular weight excluding hydrogens is 283 g/mol. The zero-order chi connectivity index (χ0) is 15.1. The molecule has 2 rings (SSSR count). The molecule has 1 aliphatic rings. The Kier molecular flexibility index (Phi) is 3.73. The molecule has 1 saturated heterocycles. The van der Waals surface area contributed by atoms with E-state index in [9.17, 15) is 14.0 Å². The molecule has 1 aliphatic heterocycles. The Bertz CT molecular complexity index is 574. The summed E-state index contributed by atoms with van der Waals surface area (Å²) in [6, 6.07) is 4.00. The zero-order valence-corrected chi connectivity index (χ0v) is 12.3. The van der Waals surface area contributed by atoms with Crippen LogP contribution in [0.3, 0.4) is 0 Å². The number of hydrogen-bond donors (Lipinski definition) is 1. The van der Waals surface area contributed by atoms with E-state index in [4.69, 9.17) is 11.6 Å². The number of amides is 2. The molecule has 0 saturated carbocycles. The summed E-state index contributed by atoms with van der Waals surface area (Å²) >= 11 is 5.74. The smallest absolute Gasteiger partial charge is 0.246 e. The van der Waals surface area contributed by atoms with Gasteiger partial charge in [0.1, 0.15) is 17.4 Å². The van der Waals surface area contributed by atoms with Crippen molar-refractivity contribution in [3.63, 3.8) is 0 Å². The molecule has 1 aromatic carbocycles. The first-order valence-electron chi connectivity index (χ1n) is 6.30. The maximum Gasteiger partial charge on any atom is 0.246 e. The van der Waals surface area contributed by atoms with Crippen molar-refractivity contribution in [3.8, 4) is 0 Å². The first-order valence-corrected chi connectivity index (χ1v) is 6.68. The van der Waals surface area contributed by atoms with Crippen LogP contribution < -0.4 is 5.32 Å². The lowest BCUT2D eigenvalue weighted by molar-refractivity contribution is -0.155. The quantitative estimate of drug-likeness (QED) is 0.909. The van der Waals surface area contributed by atoms with Gasteiger partial charge in [0, 0.05) is 12.1 Å². The molecule has 2 amide bonds. The lowest BCUT2D eigenvalue weighted by atomic mass is 9.95. The fraction of sp³-hybridized carbons (Fsp3) is 0.429. The number of nitrogens with one attached hydrogen (secondary N) is 1. The second-order valence-corrected chi connectivity index (χ2v) is 5.80. The summed E-state index contributed by atoms with van der Waals surface area (Å²) in [6.45, 7) is 4.88. The standard InChI is InChI=1S/C14H16ClFN2O2/c1-8-12(19)18(14(2,3)13(20)17-8)7-9-5-4-6-10(15)11(9)16/h4-6,8H,7H2,1-3H3,(H,17,20). The van der Waals surface area contributed by atoms with Crippen LogP contribution in [-0.2, 0) is 16.1 Å². The van der Waals surface area contributed by atoms with E-state index in [-0.39, 0.29) is 23.4 Å². The number of hydrogen-bond acceptors (Lipinski definition) is 2. The largest absolute Gasteiger partial charge is 0.343 e.